The molecule has 0 amide bonds. The highest BCUT2D eigenvalue weighted by molar-refractivity contribution is 6.04. The predicted octanol–water partition coefficient (Wildman–Crippen LogP) is 2.75. The Bertz CT molecular complexity index is 807. The number of carbonyl (C=O) groups excluding carboxylic acids is 1. The average Bonchev–Trinajstić information content (AvgIpc) is 2.56. The van der Waals surface area contributed by atoms with E-state index in [1.165, 1.54) is 0 Å². The third-order valence-electron chi connectivity index (χ3n) is 4.10. The minimum atomic E-state index is -0.575. The first-order valence-electron chi connectivity index (χ1n) is 8.46. The smallest absolute Gasteiger partial charge is 0.345 e. The van der Waals surface area contributed by atoms with Crippen molar-refractivity contribution in [3.63, 3.8) is 0 Å². The van der Waals surface area contributed by atoms with Crippen LogP contribution in [0.2, 0.25) is 0 Å². The molecule has 6 nitrogen and oxygen atoms in total. The molecule has 0 radical (unpaired) electrons. The molecule has 24 heavy (non-hydrogen) atoms. The second-order valence-corrected chi connectivity index (χ2v) is 5.49. The highest BCUT2D eigenvalue weighted by Gasteiger charge is 2.26. The first-order chi connectivity index (χ1) is 11.5. The number of pyridine rings is 2. The molecule has 130 valence electrons. The second kappa shape index (κ2) is 7.47. The van der Waals surface area contributed by atoms with E-state index in [9.17, 15) is 9.59 Å². The van der Waals surface area contributed by atoms with Gasteiger partial charge in [-0.25, -0.2) is 9.78 Å². The molecule has 0 saturated heterocycles. The standard InChI is InChI=1S/C18H25N3O3/c1-6-20(7-2)15-13-11-10-12(5)19-16(13)21(8-3)17(22)14(15)18(23)24-9-4/h10-11H,6-9H2,1-5H3. The van der Waals surface area contributed by atoms with Crippen LogP contribution in [0.1, 0.15) is 43.7 Å². The minimum absolute atomic E-state index is 0.0977. The van der Waals surface area contributed by atoms with Gasteiger partial charge in [-0.1, -0.05) is 0 Å². The molecular formula is C18H25N3O3. The summed E-state index contributed by atoms with van der Waals surface area (Å²) in [5.41, 5.74) is 1.82. The van der Waals surface area contributed by atoms with Crippen molar-refractivity contribution in [2.45, 2.75) is 41.2 Å². The van der Waals surface area contributed by atoms with Crippen molar-refractivity contribution < 1.29 is 9.53 Å². The van der Waals surface area contributed by atoms with Crippen LogP contribution in [0.15, 0.2) is 16.9 Å². The van der Waals surface area contributed by atoms with Crippen LogP contribution in [0.4, 0.5) is 5.69 Å². The Morgan fingerprint density at radius 2 is 1.88 bits per heavy atom. The predicted molar refractivity (Wildman–Crippen MR) is 95.9 cm³/mol. The first-order valence-corrected chi connectivity index (χ1v) is 8.46. The molecule has 0 aliphatic heterocycles. The number of nitrogens with zero attached hydrogens (tertiary/aromatic N) is 3. The van der Waals surface area contributed by atoms with Gasteiger partial charge in [0.25, 0.3) is 5.56 Å². The van der Waals surface area contributed by atoms with E-state index in [4.69, 9.17) is 4.74 Å². The molecule has 0 fully saturated rings. The van der Waals surface area contributed by atoms with Crippen LogP contribution in [0.3, 0.4) is 0 Å². The van der Waals surface area contributed by atoms with Crippen molar-refractivity contribution >= 4 is 22.7 Å². The SMILES string of the molecule is CCOC(=O)c1c(N(CC)CC)c2ccc(C)nc2n(CC)c1=O. The van der Waals surface area contributed by atoms with Crippen molar-refractivity contribution in [1.82, 2.24) is 9.55 Å². The van der Waals surface area contributed by atoms with Crippen molar-refractivity contribution in [3.8, 4) is 0 Å². The zero-order chi connectivity index (χ0) is 17.9. The van der Waals surface area contributed by atoms with Gasteiger partial charge in [0, 0.05) is 30.7 Å². The van der Waals surface area contributed by atoms with Crippen LogP contribution in [-0.2, 0) is 11.3 Å². The molecular weight excluding hydrogens is 306 g/mol. The molecule has 2 heterocycles. The molecule has 0 atom stereocenters. The Morgan fingerprint density at radius 3 is 2.42 bits per heavy atom. The highest BCUT2D eigenvalue weighted by atomic mass is 16.5. The molecule has 6 heteroatoms. The lowest BCUT2D eigenvalue weighted by Crippen LogP contribution is -2.34. The molecule has 2 aromatic heterocycles. The van der Waals surface area contributed by atoms with Gasteiger partial charge in [-0.05, 0) is 46.8 Å². The maximum atomic E-state index is 13.0. The monoisotopic (exact) mass is 331 g/mol. The fraction of sp³-hybridized carbons (Fsp3) is 0.500. The zero-order valence-electron chi connectivity index (χ0n) is 15.0. The third kappa shape index (κ3) is 3.00. The summed E-state index contributed by atoms with van der Waals surface area (Å²) in [5.74, 6) is -0.575. The van der Waals surface area contributed by atoms with Crippen LogP contribution < -0.4 is 10.5 Å². The van der Waals surface area contributed by atoms with Crippen LogP contribution in [0, 0.1) is 6.92 Å². The van der Waals surface area contributed by atoms with E-state index in [1.807, 2.05) is 44.7 Å². The van der Waals surface area contributed by atoms with Gasteiger partial charge in [-0.3, -0.25) is 9.36 Å². The number of esters is 1. The minimum Gasteiger partial charge on any atom is -0.462 e. The number of hydrogen-bond acceptors (Lipinski definition) is 5. The van der Waals surface area contributed by atoms with Crippen molar-refractivity contribution in [3.05, 3.63) is 33.7 Å². The topological polar surface area (TPSA) is 64.4 Å². The van der Waals surface area contributed by atoms with Crippen molar-refractivity contribution in [2.24, 2.45) is 0 Å². The fourth-order valence-electron chi connectivity index (χ4n) is 2.95. The summed E-state index contributed by atoms with van der Waals surface area (Å²) < 4.78 is 6.70. The summed E-state index contributed by atoms with van der Waals surface area (Å²) in [6, 6.07) is 3.83. The van der Waals surface area contributed by atoms with E-state index in [0.29, 0.717) is 31.0 Å². The Balaban J connectivity index is 2.99. The quantitative estimate of drug-likeness (QED) is 0.762. The van der Waals surface area contributed by atoms with Gasteiger partial charge in [0.05, 0.1) is 12.3 Å². The summed E-state index contributed by atoms with van der Waals surface area (Å²) in [7, 11) is 0. The summed E-state index contributed by atoms with van der Waals surface area (Å²) >= 11 is 0. The molecule has 0 spiro atoms. The number of rotatable bonds is 6. The average molecular weight is 331 g/mol. The number of hydrogen-bond donors (Lipinski definition) is 0. The molecule has 0 saturated carbocycles. The molecule has 0 bridgehead atoms. The largest absolute Gasteiger partial charge is 0.462 e. The van der Waals surface area contributed by atoms with Crippen LogP contribution >= 0.6 is 0 Å². The van der Waals surface area contributed by atoms with Gasteiger partial charge >= 0.3 is 5.97 Å². The third-order valence-corrected chi connectivity index (χ3v) is 4.10. The molecule has 0 N–H and O–H groups in total. The van der Waals surface area contributed by atoms with E-state index in [2.05, 4.69) is 4.98 Å². The number of ether oxygens (including phenoxy) is 1. The van der Waals surface area contributed by atoms with Crippen molar-refractivity contribution in [1.29, 1.82) is 0 Å². The van der Waals surface area contributed by atoms with E-state index in [1.54, 1.807) is 11.5 Å². The summed E-state index contributed by atoms with van der Waals surface area (Å²) in [6.07, 6.45) is 0. The van der Waals surface area contributed by atoms with E-state index < -0.39 is 5.97 Å². The lowest BCUT2D eigenvalue weighted by molar-refractivity contribution is 0.0524. The van der Waals surface area contributed by atoms with E-state index >= 15 is 0 Å². The first kappa shape index (κ1) is 18.0. The van der Waals surface area contributed by atoms with Crippen molar-refractivity contribution in [2.75, 3.05) is 24.6 Å². The Hall–Kier alpha value is -2.37. The maximum absolute atomic E-state index is 13.0. The van der Waals surface area contributed by atoms with Crippen LogP contribution in [0.25, 0.3) is 11.0 Å². The molecule has 0 aromatic carbocycles. The molecule has 0 unspecified atom stereocenters. The maximum Gasteiger partial charge on any atom is 0.345 e. The van der Waals surface area contributed by atoms with Gasteiger partial charge in [-0.15, -0.1) is 0 Å². The van der Waals surface area contributed by atoms with Gasteiger partial charge in [-0.2, -0.15) is 0 Å². The van der Waals surface area contributed by atoms with Crippen LogP contribution in [0.5, 0.6) is 0 Å². The number of anilines is 1. The summed E-state index contributed by atoms with van der Waals surface area (Å²) in [4.78, 5) is 32.1. The fourth-order valence-corrected chi connectivity index (χ4v) is 2.95. The Labute approximate surface area is 142 Å². The number of aromatic nitrogens is 2. The Kier molecular flexibility index (Phi) is 5.59. The van der Waals surface area contributed by atoms with Gasteiger partial charge < -0.3 is 9.64 Å². The van der Waals surface area contributed by atoms with Crippen LogP contribution in [-0.4, -0.2) is 35.2 Å². The normalized spacial score (nSPS) is 10.9. The number of fused-ring (bicyclic) bond motifs is 1. The zero-order valence-corrected chi connectivity index (χ0v) is 15.0. The lowest BCUT2D eigenvalue weighted by atomic mass is 10.1. The van der Waals surface area contributed by atoms with Gasteiger partial charge in [0.2, 0.25) is 0 Å². The van der Waals surface area contributed by atoms with Gasteiger partial charge in [0.15, 0.2) is 0 Å². The van der Waals surface area contributed by atoms with Gasteiger partial charge in [0.1, 0.15) is 11.2 Å². The molecule has 0 aliphatic rings. The molecule has 2 aromatic rings. The lowest BCUT2D eigenvalue weighted by Gasteiger charge is -2.26. The number of aryl methyl sites for hydroxylation is 2. The summed E-state index contributed by atoms with van der Waals surface area (Å²) in [6.45, 7) is 11.5. The van der Waals surface area contributed by atoms with E-state index in [-0.39, 0.29) is 17.7 Å². The number of carbonyl (C=O) groups is 1. The second-order valence-electron chi connectivity index (χ2n) is 5.49. The Morgan fingerprint density at radius 1 is 1.21 bits per heavy atom. The highest BCUT2D eigenvalue weighted by Crippen LogP contribution is 2.29. The molecule has 2 rings (SSSR count). The van der Waals surface area contributed by atoms with E-state index in [0.717, 1.165) is 11.1 Å². The molecule has 0 aliphatic carbocycles. The summed E-state index contributed by atoms with van der Waals surface area (Å²) in [5, 5.41) is 0.800.